The normalized spacial score (nSPS) is 43.5. The Balaban J connectivity index is 1.71. The molecule has 4 rings (SSSR count). The molecule has 0 bridgehead atoms. The van der Waals surface area contributed by atoms with Crippen molar-refractivity contribution in [2.24, 2.45) is 50.0 Å². The highest BCUT2D eigenvalue weighted by Gasteiger charge is 2.60. The molecule has 0 aromatic carbocycles. The van der Waals surface area contributed by atoms with Gasteiger partial charge in [-0.1, -0.05) is 29.3 Å². The second-order valence-electron chi connectivity index (χ2n) is 10.1. The van der Waals surface area contributed by atoms with Crippen molar-refractivity contribution in [2.75, 3.05) is 21.3 Å². The van der Waals surface area contributed by atoms with Gasteiger partial charge in [-0.05, 0) is 92.1 Å². The van der Waals surface area contributed by atoms with Gasteiger partial charge in [-0.25, -0.2) is 0 Å². The Hall–Kier alpha value is -1.85. The molecule has 4 aliphatic rings. The van der Waals surface area contributed by atoms with Crippen molar-refractivity contribution in [3.8, 4) is 0 Å². The lowest BCUT2D eigenvalue weighted by Gasteiger charge is -2.58. The number of allylic oxidation sites excluding steroid dienone is 2. The Labute approximate surface area is 180 Å². The molecule has 3 fully saturated rings. The van der Waals surface area contributed by atoms with Crippen LogP contribution in [0, 0.1) is 34.5 Å². The third-order valence-corrected chi connectivity index (χ3v) is 8.97. The molecule has 0 N–H and O–H groups in total. The zero-order valence-electron chi connectivity index (χ0n) is 19.4. The highest BCUT2D eigenvalue weighted by Crippen LogP contribution is 2.66. The second kappa shape index (κ2) is 8.01. The lowest BCUT2D eigenvalue weighted by Crippen LogP contribution is -2.53. The quantitative estimate of drug-likeness (QED) is 0.468. The monoisotopic (exact) mass is 415 g/mol. The number of oxime groups is 3. The average molecular weight is 416 g/mol. The Bertz CT molecular complexity index is 802. The van der Waals surface area contributed by atoms with Crippen LogP contribution in [-0.4, -0.2) is 38.5 Å². The molecule has 0 heterocycles. The van der Waals surface area contributed by atoms with Crippen molar-refractivity contribution in [1.29, 1.82) is 0 Å². The van der Waals surface area contributed by atoms with E-state index in [4.69, 9.17) is 14.5 Å². The van der Waals surface area contributed by atoms with Gasteiger partial charge in [0.2, 0.25) is 0 Å². The predicted molar refractivity (Wildman–Crippen MR) is 120 cm³/mol. The molecule has 0 saturated heterocycles. The highest BCUT2D eigenvalue weighted by atomic mass is 16.6. The van der Waals surface area contributed by atoms with Crippen molar-refractivity contribution in [3.05, 3.63) is 11.6 Å². The summed E-state index contributed by atoms with van der Waals surface area (Å²) in [4.78, 5) is 15.5. The number of nitrogens with zero attached hydrogens (tertiary/aromatic N) is 3. The van der Waals surface area contributed by atoms with Crippen molar-refractivity contribution in [1.82, 2.24) is 0 Å². The standard InChI is InChI=1S/C24H37N3O3/c1-15(25-28-4)18-7-8-19-17-14-22(27-30-6)21-13-16(26-29-5)9-11-24(21,3)20(17)10-12-23(18,19)2/h13,17-20H,7-12,14H2,1-6H3/b25-15-,26-16+,27-22+/t17-,18+,19-,20-,23+,24+/m0/s1. The van der Waals surface area contributed by atoms with E-state index >= 15 is 0 Å². The van der Waals surface area contributed by atoms with Crippen LogP contribution in [0.15, 0.2) is 27.1 Å². The van der Waals surface area contributed by atoms with E-state index in [9.17, 15) is 0 Å². The summed E-state index contributed by atoms with van der Waals surface area (Å²) in [5.74, 6) is 2.53. The molecule has 0 spiro atoms. The minimum atomic E-state index is 0.127. The van der Waals surface area contributed by atoms with Gasteiger partial charge in [0.25, 0.3) is 0 Å². The Morgan fingerprint density at radius 2 is 1.73 bits per heavy atom. The molecule has 0 aromatic rings. The summed E-state index contributed by atoms with van der Waals surface area (Å²) in [6.45, 7) is 7.11. The molecule has 6 atom stereocenters. The first-order valence-electron chi connectivity index (χ1n) is 11.4. The van der Waals surface area contributed by atoms with Crippen LogP contribution in [0.4, 0.5) is 0 Å². The Morgan fingerprint density at radius 3 is 2.43 bits per heavy atom. The number of fused-ring (bicyclic) bond motifs is 5. The molecule has 6 heteroatoms. The summed E-state index contributed by atoms with van der Waals surface area (Å²) < 4.78 is 0. The molecule has 6 nitrogen and oxygen atoms in total. The minimum absolute atomic E-state index is 0.127. The van der Waals surface area contributed by atoms with E-state index in [1.54, 1.807) is 21.3 Å². The van der Waals surface area contributed by atoms with Crippen molar-refractivity contribution in [3.63, 3.8) is 0 Å². The fourth-order valence-electron chi connectivity index (χ4n) is 7.70. The van der Waals surface area contributed by atoms with Gasteiger partial charge in [0, 0.05) is 5.92 Å². The summed E-state index contributed by atoms with van der Waals surface area (Å²) >= 11 is 0. The second-order valence-corrected chi connectivity index (χ2v) is 10.1. The first-order valence-corrected chi connectivity index (χ1v) is 11.4. The lowest BCUT2D eigenvalue weighted by atomic mass is 9.46. The summed E-state index contributed by atoms with van der Waals surface area (Å²) in [6.07, 6.45) is 10.3. The van der Waals surface area contributed by atoms with Crippen molar-refractivity contribution < 1.29 is 14.5 Å². The van der Waals surface area contributed by atoms with E-state index in [1.807, 2.05) is 0 Å². The van der Waals surface area contributed by atoms with E-state index in [2.05, 4.69) is 42.3 Å². The zero-order chi connectivity index (χ0) is 21.5. The van der Waals surface area contributed by atoms with Crippen LogP contribution in [0.2, 0.25) is 0 Å². The summed E-state index contributed by atoms with van der Waals surface area (Å²) in [5.41, 5.74) is 5.03. The Morgan fingerprint density at radius 1 is 0.967 bits per heavy atom. The van der Waals surface area contributed by atoms with Crippen LogP contribution < -0.4 is 0 Å². The average Bonchev–Trinajstić information content (AvgIpc) is 3.07. The molecular weight excluding hydrogens is 378 g/mol. The smallest absolute Gasteiger partial charge is 0.106 e. The fraction of sp³-hybridized carbons (Fsp3) is 0.792. The van der Waals surface area contributed by atoms with Crippen LogP contribution in [0.1, 0.15) is 65.7 Å². The zero-order valence-corrected chi connectivity index (χ0v) is 19.4. The molecular formula is C24H37N3O3. The molecule has 0 aromatic heterocycles. The van der Waals surface area contributed by atoms with E-state index in [0.29, 0.717) is 29.1 Å². The van der Waals surface area contributed by atoms with Gasteiger partial charge in [0.1, 0.15) is 21.3 Å². The van der Waals surface area contributed by atoms with Crippen molar-refractivity contribution >= 4 is 17.1 Å². The molecule has 0 unspecified atom stereocenters. The van der Waals surface area contributed by atoms with Crippen LogP contribution in [0.25, 0.3) is 0 Å². The first-order chi connectivity index (χ1) is 14.4. The molecule has 30 heavy (non-hydrogen) atoms. The molecule has 4 aliphatic carbocycles. The highest BCUT2D eigenvalue weighted by molar-refractivity contribution is 6.09. The van der Waals surface area contributed by atoms with Gasteiger partial charge in [-0.3, -0.25) is 0 Å². The fourth-order valence-corrected chi connectivity index (χ4v) is 7.70. The SMILES string of the molecule is CO/N=C(/C)[C@H]1CC[C@H]2[C@@H]3C/C(=N\OC)C4=C/C(=N/OC)CC[C@]4(C)[C@H]3CC[C@]12C. The summed E-state index contributed by atoms with van der Waals surface area (Å²) in [5, 5.41) is 13.1. The van der Waals surface area contributed by atoms with Gasteiger partial charge in [-0.2, -0.15) is 0 Å². The van der Waals surface area contributed by atoms with Crippen LogP contribution in [-0.2, 0) is 14.5 Å². The first kappa shape index (κ1) is 21.4. The minimum Gasteiger partial charge on any atom is -0.399 e. The molecule has 0 amide bonds. The third-order valence-electron chi connectivity index (χ3n) is 8.97. The summed E-state index contributed by atoms with van der Waals surface area (Å²) in [6, 6.07) is 0. The third kappa shape index (κ3) is 3.18. The maximum atomic E-state index is 5.32. The summed E-state index contributed by atoms with van der Waals surface area (Å²) in [7, 11) is 4.93. The van der Waals surface area contributed by atoms with Gasteiger partial charge < -0.3 is 14.5 Å². The van der Waals surface area contributed by atoms with E-state index in [-0.39, 0.29) is 5.41 Å². The topological polar surface area (TPSA) is 64.8 Å². The molecule has 166 valence electrons. The van der Waals surface area contributed by atoms with Gasteiger partial charge >= 0.3 is 0 Å². The van der Waals surface area contributed by atoms with E-state index in [1.165, 1.54) is 31.3 Å². The lowest BCUT2D eigenvalue weighted by molar-refractivity contribution is -0.0238. The van der Waals surface area contributed by atoms with Crippen LogP contribution in [0.5, 0.6) is 0 Å². The van der Waals surface area contributed by atoms with Crippen LogP contribution in [0.3, 0.4) is 0 Å². The maximum Gasteiger partial charge on any atom is 0.106 e. The van der Waals surface area contributed by atoms with Gasteiger partial charge in [0.05, 0.1) is 17.1 Å². The molecule has 0 radical (unpaired) electrons. The van der Waals surface area contributed by atoms with Gasteiger partial charge in [0.15, 0.2) is 0 Å². The van der Waals surface area contributed by atoms with Crippen LogP contribution >= 0.6 is 0 Å². The molecule has 0 aliphatic heterocycles. The molecule has 3 saturated carbocycles. The largest absolute Gasteiger partial charge is 0.399 e. The number of rotatable bonds is 4. The predicted octanol–water partition coefficient (Wildman–Crippen LogP) is 5.20. The van der Waals surface area contributed by atoms with Gasteiger partial charge in [-0.15, -0.1) is 0 Å². The number of hydrogen-bond acceptors (Lipinski definition) is 6. The van der Waals surface area contributed by atoms with Crippen molar-refractivity contribution in [2.45, 2.75) is 65.7 Å². The maximum absolute atomic E-state index is 5.32. The van der Waals surface area contributed by atoms with E-state index in [0.717, 1.165) is 36.4 Å². The Kier molecular flexibility index (Phi) is 5.71. The number of hydrogen-bond donors (Lipinski definition) is 0. The van der Waals surface area contributed by atoms with E-state index < -0.39 is 0 Å².